The van der Waals surface area contributed by atoms with E-state index in [1.54, 1.807) is 11.8 Å². The molecule has 17 heavy (non-hydrogen) atoms. The minimum Gasteiger partial charge on any atom is -0.334 e. The molecule has 0 radical (unpaired) electrons. The number of carbonyl (C=O) groups excluding carboxylic acids is 1. The molecule has 0 spiro atoms. The van der Waals surface area contributed by atoms with E-state index in [-0.39, 0.29) is 28.9 Å². The molecule has 0 saturated carbocycles. The maximum atomic E-state index is 11.8. The summed E-state index contributed by atoms with van der Waals surface area (Å²) >= 11 is 1.67. The van der Waals surface area contributed by atoms with Crippen LogP contribution in [0.2, 0.25) is 0 Å². The smallest absolute Gasteiger partial charge is 0.275 e. The lowest BCUT2D eigenvalue weighted by Crippen LogP contribution is -2.27. The number of rotatable bonds is 1. The second kappa shape index (κ2) is 4.82. The molecule has 2 heterocycles. The summed E-state index contributed by atoms with van der Waals surface area (Å²) in [6.45, 7) is 2.97. The van der Waals surface area contributed by atoms with Crippen LogP contribution in [0.5, 0.6) is 0 Å². The van der Waals surface area contributed by atoms with Crippen LogP contribution in [0.15, 0.2) is 29.3 Å². The van der Waals surface area contributed by atoms with Crippen molar-refractivity contribution in [3.05, 3.63) is 35.4 Å². The molecule has 90 valence electrons. The molecule has 1 aromatic rings. The zero-order valence-corrected chi connectivity index (χ0v) is 11.9. The number of hydrogen-bond donors (Lipinski definition) is 0. The lowest BCUT2D eigenvalue weighted by molar-refractivity contribution is -0.120. The molecule has 1 aromatic carbocycles. The monoisotopic (exact) mass is 312 g/mol. The van der Waals surface area contributed by atoms with Crippen molar-refractivity contribution in [1.82, 2.24) is 4.90 Å². The molecule has 3 rings (SSSR count). The van der Waals surface area contributed by atoms with Gasteiger partial charge in [-0.15, -0.1) is 17.0 Å². The highest BCUT2D eigenvalue weighted by Gasteiger charge is 2.39. The number of hydrogen-bond acceptors (Lipinski definition) is 3. The van der Waals surface area contributed by atoms with Crippen LogP contribution in [-0.2, 0) is 4.79 Å². The predicted molar refractivity (Wildman–Crippen MR) is 75.8 cm³/mol. The summed E-state index contributed by atoms with van der Waals surface area (Å²) < 4.78 is 0. The third kappa shape index (κ3) is 2.13. The Kier molecular flexibility index (Phi) is 3.58. The van der Waals surface area contributed by atoms with Gasteiger partial charge in [-0.1, -0.05) is 41.6 Å². The molecule has 1 saturated heterocycles. The van der Waals surface area contributed by atoms with Crippen LogP contribution in [0.4, 0.5) is 0 Å². The van der Waals surface area contributed by atoms with Gasteiger partial charge in [0.2, 0.25) is 0 Å². The normalized spacial score (nSPS) is 22.2. The van der Waals surface area contributed by atoms with E-state index in [0.29, 0.717) is 0 Å². The Hall–Kier alpha value is -0.810. The van der Waals surface area contributed by atoms with Gasteiger partial charge in [-0.05, 0) is 12.5 Å². The van der Waals surface area contributed by atoms with Gasteiger partial charge in [0.05, 0.1) is 0 Å². The highest BCUT2D eigenvalue weighted by molar-refractivity contribution is 8.93. The van der Waals surface area contributed by atoms with Crippen LogP contribution in [-0.4, -0.2) is 28.3 Å². The van der Waals surface area contributed by atoms with E-state index in [1.165, 1.54) is 5.56 Å². The molecule has 1 fully saturated rings. The molecule has 1 unspecified atom stereocenters. The Balaban J connectivity index is 0.00000108. The van der Waals surface area contributed by atoms with Crippen molar-refractivity contribution in [1.29, 1.82) is 0 Å². The minimum atomic E-state index is -0.175. The fourth-order valence-corrected chi connectivity index (χ4v) is 3.10. The fourth-order valence-electron chi connectivity index (χ4n) is 2.11. The number of aliphatic imine (C=N–C) groups is 1. The van der Waals surface area contributed by atoms with Crippen molar-refractivity contribution in [2.75, 3.05) is 12.3 Å². The molecule has 3 nitrogen and oxygen atoms in total. The summed E-state index contributed by atoms with van der Waals surface area (Å²) in [5, 5.41) is 0.899. The van der Waals surface area contributed by atoms with Gasteiger partial charge in [-0.3, -0.25) is 4.79 Å². The van der Waals surface area contributed by atoms with E-state index < -0.39 is 0 Å². The maximum absolute atomic E-state index is 11.8. The van der Waals surface area contributed by atoms with Gasteiger partial charge in [0, 0.05) is 12.3 Å². The standard InChI is InChI=1S/C12H12N2OS.BrH/c1-8-2-4-9(5-3-8)10-11(15)13-12-14(10)6-7-16-12;/h2-5,10H,6-7H2,1H3;1H. The van der Waals surface area contributed by atoms with E-state index in [1.807, 2.05) is 31.2 Å². The van der Waals surface area contributed by atoms with Gasteiger partial charge >= 0.3 is 0 Å². The summed E-state index contributed by atoms with van der Waals surface area (Å²) in [4.78, 5) is 18.0. The summed E-state index contributed by atoms with van der Waals surface area (Å²) in [5.74, 6) is 1.01. The fraction of sp³-hybridized carbons (Fsp3) is 0.333. The number of thioether (sulfide) groups is 1. The molecule has 0 bridgehead atoms. The Labute approximate surface area is 115 Å². The van der Waals surface area contributed by atoms with Crippen LogP contribution in [0, 0.1) is 6.92 Å². The van der Waals surface area contributed by atoms with Crippen LogP contribution in [0.25, 0.3) is 0 Å². The highest BCUT2D eigenvalue weighted by Crippen LogP contribution is 2.35. The van der Waals surface area contributed by atoms with Gasteiger partial charge in [-0.2, -0.15) is 4.99 Å². The van der Waals surface area contributed by atoms with Crippen molar-refractivity contribution >= 4 is 39.8 Å². The molecule has 2 aliphatic rings. The number of benzene rings is 1. The van der Waals surface area contributed by atoms with Crippen LogP contribution in [0.1, 0.15) is 17.2 Å². The molecule has 0 aromatic heterocycles. The molecular weight excluding hydrogens is 300 g/mol. The van der Waals surface area contributed by atoms with Gasteiger partial charge in [-0.25, -0.2) is 0 Å². The van der Waals surface area contributed by atoms with E-state index in [4.69, 9.17) is 0 Å². The van der Waals surface area contributed by atoms with Crippen LogP contribution < -0.4 is 0 Å². The summed E-state index contributed by atoms with van der Waals surface area (Å²) in [5.41, 5.74) is 2.27. The second-order valence-corrected chi connectivity index (χ2v) is 5.15. The summed E-state index contributed by atoms with van der Waals surface area (Å²) in [6.07, 6.45) is 0. The van der Waals surface area contributed by atoms with Gasteiger partial charge in [0.1, 0.15) is 6.04 Å². The van der Waals surface area contributed by atoms with Gasteiger partial charge in [0.15, 0.2) is 5.17 Å². The number of carbonyl (C=O) groups is 1. The first-order valence-corrected chi connectivity index (χ1v) is 6.33. The van der Waals surface area contributed by atoms with Gasteiger partial charge < -0.3 is 4.90 Å². The quantitative estimate of drug-likeness (QED) is 0.799. The molecule has 1 amide bonds. The molecular formula is C12H13BrN2OS. The first-order chi connectivity index (χ1) is 7.75. The van der Waals surface area contributed by atoms with Crippen molar-refractivity contribution in [2.24, 2.45) is 4.99 Å². The topological polar surface area (TPSA) is 32.7 Å². The molecule has 2 aliphatic heterocycles. The molecule has 5 heteroatoms. The van der Waals surface area contributed by atoms with E-state index in [0.717, 1.165) is 23.0 Å². The lowest BCUT2D eigenvalue weighted by Gasteiger charge is -2.20. The predicted octanol–water partition coefficient (Wildman–Crippen LogP) is 2.56. The van der Waals surface area contributed by atoms with Crippen molar-refractivity contribution < 1.29 is 4.79 Å². The maximum Gasteiger partial charge on any atom is 0.275 e. The molecule has 1 atom stereocenters. The summed E-state index contributed by atoms with van der Waals surface area (Å²) in [6, 6.07) is 7.97. The third-order valence-electron chi connectivity index (χ3n) is 2.95. The zero-order chi connectivity index (χ0) is 11.1. The van der Waals surface area contributed by atoms with Crippen LogP contribution >= 0.6 is 28.7 Å². The number of amides is 1. The minimum absolute atomic E-state index is 0. The SMILES string of the molecule is Br.Cc1ccc(C2C(=O)N=C3SCCN32)cc1. The Morgan fingerprint density at radius 2 is 2.06 bits per heavy atom. The first kappa shape index (κ1) is 12.6. The zero-order valence-electron chi connectivity index (χ0n) is 9.42. The number of halogens is 1. The molecule has 0 aliphatic carbocycles. The second-order valence-electron chi connectivity index (χ2n) is 4.09. The highest BCUT2D eigenvalue weighted by atomic mass is 79.9. The van der Waals surface area contributed by atoms with E-state index in [2.05, 4.69) is 9.89 Å². The van der Waals surface area contributed by atoms with Gasteiger partial charge in [0.25, 0.3) is 5.91 Å². The Bertz CT molecular complexity index is 472. The number of amidine groups is 1. The van der Waals surface area contributed by atoms with Crippen LogP contribution in [0.3, 0.4) is 0 Å². The number of nitrogens with zero attached hydrogens (tertiary/aromatic N) is 2. The average Bonchev–Trinajstić information content (AvgIpc) is 2.79. The van der Waals surface area contributed by atoms with E-state index >= 15 is 0 Å². The van der Waals surface area contributed by atoms with Crippen molar-refractivity contribution in [3.8, 4) is 0 Å². The number of aryl methyl sites for hydroxylation is 1. The Morgan fingerprint density at radius 1 is 1.35 bits per heavy atom. The Morgan fingerprint density at radius 3 is 2.76 bits per heavy atom. The average molecular weight is 313 g/mol. The lowest BCUT2D eigenvalue weighted by atomic mass is 10.0. The van der Waals surface area contributed by atoms with Crippen molar-refractivity contribution in [2.45, 2.75) is 13.0 Å². The molecule has 0 N–H and O–H groups in total. The van der Waals surface area contributed by atoms with Crippen molar-refractivity contribution in [3.63, 3.8) is 0 Å². The number of fused-ring (bicyclic) bond motifs is 1. The third-order valence-corrected chi connectivity index (χ3v) is 3.92. The summed E-state index contributed by atoms with van der Waals surface area (Å²) in [7, 11) is 0. The van der Waals surface area contributed by atoms with E-state index in [9.17, 15) is 4.79 Å². The largest absolute Gasteiger partial charge is 0.334 e. The first-order valence-electron chi connectivity index (χ1n) is 5.34.